The van der Waals surface area contributed by atoms with Gasteiger partial charge >= 0.3 is 0 Å². The zero-order valence-corrected chi connectivity index (χ0v) is 7.28. The Balaban J connectivity index is 2.96. The van der Waals surface area contributed by atoms with Gasteiger partial charge in [0.2, 0.25) is 0 Å². The summed E-state index contributed by atoms with van der Waals surface area (Å²) in [6.45, 7) is 0. The number of benzene rings is 2. The highest BCUT2D eigenvalue weighted by atomic mass is 14.3. The van der Waals surface area contributed by atoms with E-state index in [4.69, 9.17) is 10.5 Å². The van der Waals surface area contributed by atoms with Gasteiger partial charge in [0.1, 0.15) is 6.07 Å². The molecule has 0 aromatic heterocycles. The lowest BCUT2D eigenvalue weighted by Gasteiger charge is -2.00. The lowest BCUT2D eigenvalue weighted by Crippen LogP contribution is -1.84. The van der Waals surface area contributed by atoms with Crippen LogP contribution in [0.5, 0.6) is 0 Å². The van der Waals surface area contributed by atoms with E-state index in [1.165, 1.54) is 0 Å². The first-order chi connectivity index (χ1) is 6.86. The van der Waals surface area contributed by atoms with Crippen molar-refractivity contribution in [3.8, 4) is 12.1 Å². The maximum Gasteiger partial charge on any atom is 0.100 e. The molecule has 2 nitrogen and oxygen atoms in total. The summed E-state index contributed by atoms with van der Waals surface area (Å²) in [5.74, 6) is 0. The molecule has 2 aromatic rings. The summed E-state index contributed by atoms with van der Waals surface area (Å²) in [4.78, 5) is 0. The van der Waals surface area contributed by atoms with E-state index in [0.717, 1.165) is 10.8 Å². The highest BCUT2D eigenvalue weighted by Crippen LogP contribution is 2.21. The molecule has 2 aromatic carbocycles. The highest BCUT2D eigenvalue weighted by molar-refractivity contribution is 5.91. The van der Waals surface area contributed by atoms with Gasteiger partial charge in [-0.25, -0.2) is 0 Å². The van der Waals surface area contributed by atoms with Crippen molar-refractivity contribution in [1.29, 1.82) is 10.5 Å². The maximum absolute atomic E-state index is 8.85. The minimum Gasteiger partial charge on any atom is -0.192 e. The van der Waals surface area contributed by atoms with Crippen LogP contribution in [0.15, 0.2) is 30.3 Å². The molecule has 0 bridgehead atoms. The Kier molecular flexibility index (Phi) is 1.89. The molecular formula is C12H5N2. The maximum atomic E-state index is 8.85. The number of hydrogen-bond donors (Lipinski definition) is 0. The van der Waals surface area contributed by atoms with Crippen LogP contribution in [0, 0.1) is 28.7 Å². The van der Waals surface area contributed by atoms with Gasteiger partial charge in [0.05, 0.1) is 17.2 Å². The summed E-state index contributed by atoms with van der Waals surface area (Å²) < 4.78 is 0. The van der Waals surface area contributed by atoms with Crippen LogP contribution >= 0.6 is 0 Å². The van der Waals surface area contributed by atoms with Gasteiger partial charge in [-0.05, 0) is 6.07 Å². The van der Waals surface area contributed by atoms with Crippen LogP contribution < -0.4 is 0 Å². The molecule has 0 saturated heterocycles. The van der Waals surface area contributed by atoms with Crippen LogP contribution in [0.2, 0.25) is 0 Å². The number of nitrogens with zero attached hydrogens (tertiary/aromatic N) is 2. The topological polar surface area (TPSA) is 47.6 Å². The number of nitriles is 2. The molecule has 0 atom stereocenters. The molecule has 14 heavy (non-hydrogen) atoms. The van der Waals surface area contributed by atoms with Crippen LogP contribution in [0.3, 0.4) is 0 Å². The van der Waals surface area contributed by atoms with Gasteiger partial charge in [-0.15, -0.1) is 0 Å². The molecule has 0 saturated carbocycles. The third kappa shape index (κ3) is 1.11. The Labute approximate surface area is 81.6 Å². The Morgan fingerprint density at radius 2 is 1.71 bits per heavy atom. The molecule has 0 aliphatic rings. The van der Waals surface area contributed by atoms with E-state index in [-0.39, 0.29) is 0 Å². The summed E-state index contributed by atoms with van der Waals surface area (Å²) in [7, 11) is 0. The van der Waals surface area contributed by atoms with Crippen molar-refractivity contribution in [3.05, 3.63) is 47.5 Å². The Hall–Kier alpha value is -2.32. The van der Waals surface area contributed by atoms with E-state index in [2.05, 4.69) is 18.2 Å². The predicted octanol–water partition coefficient (Wildman–Crippen LogP) is 2.38. The SMILES string of the molecule is N#Cc1[c]cc(C#N)c2ccccc12. The van der Waals surface area contributed by atoms with Crippen molar-refractivity contribution >= 4 is 10.8 Å². The normalized spacial score (nSPS) is 9.29. The van der Waals surface area contributed by atoms with Crippen molar-refractivity contribution < 1.29 is 0 Å². The molecule has 0 unspecified atom stereocenters. The van der Waals surface area contributed by atoms with E-state index in [1.807, 2.05) is 24.3 Å². The van der Waals surface area contributed by atoms with Crippen LogP contribution in [-0.4, -0.2) is 0 Å². The molecular weight excluding hydrogens is 172 g/mol. The van der Waals surface area contributed by atoms with Crippen molar-refractivity contribution in [2.75, 3.05) is 0 Å². The van der Waals surface area contributed by atoms with E-state index in [1.54, 1.807) is 6.07 Å². The first-order valence-corrected chi connectivity index (χ1v) is 4.10. The Bertz CT molecular complexity index is 518. The van der Waals surface area contributed by atoms with Gasteiger partial charge in [-0.1, -0.05) is 24.3 Å². The molecule has 0 amide bonds. The first kappa shape index (κ1) is 8.29. The first-order valence-electron chi connectivity index (χ1n) is 4.10. The largest absolute Gasteiger partial charge is 0.192 e. The standard InChI is InChI=1S/C12H5N2/c13-7-9-5-6-10(8-14)12-4-2-1-3-11(9)12/h1-5H. The summed E-state index contributed by atoms with van der Waals surface area (Å²) in [5, 5.41) is 19.3. The van der Waals surface area contributed by atoms with Gasteiger partial charge in [0, 0.05) is 16.8 Å². The van der Waals surface area contributed by atoms with Gasteiger partial charge in [0.15, 0.2) is 0 Å². The molecule has 0 fully saturated rings. The van der Waals surface area contributed by atoms with E-state index in [9.17, 15) is 0 Å². The lowest BCUT2D eigenvalue weighted by molar-refractivity contribution is 1.48. The summed E-state index contributed by atoms with van der Waals surface area (Å²) in [6.07, 6.45) is 0. The molecule has 0 aliphatic heterocycles. The fraction of sp³-hybridized carbons (Fsp3) is 0. The van der Waals surface area contributed by atoms with Crippen LogP contribution in [0.25, 0.3) is 10.8 Å². The molecule has 1 radical (unpaired) electrons. The van der Waals surface area contributed by atoms with Crippen molar-refractivity contribution in [3.63, 3.8) is 0 Å². The average molecular weight is 177 g/mol. The number of hydrogen-bond acceptors (Lipinski definition) is 2. The lowest BCUT2D eigenvalue weighted by atomic mass is 10.0. The van der Waals surface area contributed by atoms with E-state index >= 15 is 0 Å². The van der Waals surface area contributed by atoms with Crippen molar-refractivity contribution in [1.82, 2.24) is 0 Å². The second kappa shape index (κ2) is 3.20. The summed E-state index contributed by atoms with van der Waals surface area (Å²) >= 11 is 0. The average Bonchev–Trinajstić information content (AvgIpc) is 2.27. The van der Waals surface area contributed by atoms with Gasteiger partial charge in [-0.2, -0.15) is 10.5 Å². The second-order valence-corrected chi connectivity index (χ2v) is 2.85. The summed E-state index contributed by atoms with van der Waals surface area (Å²) in [5.41, 5.74) is 1.04. The van der Waals surface area contributed by atoms with Crippen LogP contribution in [0.1, 0.15) is 11.1 Å². The van der Waals surface area contributed by atoms with E-state index < -0.39 is 0 Å². The predicted molar refractivity (Wildman–Crippen MR) is 52.2 cm³/mol. The third-order valence-electron chi connectivity index (χ3n) is 2.08. The minimum atomic E-state index is 0.486. The molecule has 0 aliphatic carbocycles. The Morgan fingerprint density at radius 1 is 1.00 bits per heavy atom. The third-order valence-corrected chi connectivity index (χ3v) is 2.08. The fourth-order valence-electron chi connectivity index (χ4n) is 1.42. The van der Waals surface area contributed by atoms with E-state index in [0.29, 0.717) is 11.1 Å². The fourth-order valence-corrected chi connectivity index (χ4v) is 1.42. The monoisotopic (exact) mass is 177 g/mol. The van der Waals surface area contributed by atoms with Gasteiger partial charge < -0.3 is 0 Å². The molecule has 2 rings (SSSR count). The quantitative estimate of drug-likeness (QED) is 0.620. The molecule has 63 valence electrons. The molecule has 0 heterocycles. The number of fused-ring (bicyclic) bond motifs is 1. The zero-order chi connectivity index (χ0) is 9.97. The van der Waals surface area contributed by atoms with Crippen molar-refractivity contribution in [2.45, 2.75) is 0 Å². The summed E-state index contributed by atoms with van der Waals surface area (Å²) in [6, 6.07) is 15.8. The minimum absolute atomic E-state index is 0.486. The molecule has 2 heteroatoms. The number of rotatable bonds is 0. The van der Waals surface area contributed by atoms with Gasteiger partial charge in [-0.3, -0.25) is 0 Å². The molecule has 0 spiro atoms. The van der Waals surface area contributed by atoms with Crippen molar-refractivity contribution in [2.24, 2.45) is 0 Å². The van der Waals surface area contributed by atoms with Gasteiger partial charge in [0.25, 0.3) is 0 Å². The van der Waals surface area contributed by atoms with Crippen LogP contribution in [-0.2, 0) is 0 Å². The smallest absolute Gasteiger partial charge is 0.100 e. The highest BCUT2D eigenvalue weighted by Gasteiger charge is 2.03. The zero-order valence-electron chi connectivity index (χ0n) is 7.28. The second-order valence-electron chi connectivity index (χ2n) is 2.85. The van der Waals surface area contributed by atoms with Crippen LogP contribution in [0.4, 0.5) is 0 Å². The molecule has 0 N–H and O–H groups in total. The Morgan fingerprint density at radius 3 is 2.36 bits per heavy atom.